The average Bonchev–Trinajstić information content (AvgIpc) is 2.81. The van der Waals surface area contributed by atoms with Crippen molar-refractivity contribution in [1.29, 1.82) is 0 Å². The summed E-state index contributed by atoms with van der Waals surface area (Å²) in [6, 6.07) is 10.0. The van der Waals surface area contributed by atoms with Gasteiger partial charge in [0.25, 0.3) is 5.69 Å². The summed E-state index contributed by atoms with van der Waals surface area (Å²) >= 11 is 0. The van der Waals surface area contributed by atoms with E-state index in [1.807, 2.05) is 0 Å². The number of benzene rings is 2. The number of unbranched alkanes of at least 4 members (excludes halogenated alkanes) is 1. The van der Waals surface area contributed by atoms with E-state index in [0.717, 1.165) is 18.5 Å². The number of fused-ring (bicyclic) bond motifs is 1. The molecule has 0 aliphatic carbocycles. The molecule has 2 aromatic carbocycles. The van der Waals surface area contributed by atoms with Crippen LogP contribution in [0.5, 0.6) is 5.75 Å². The van der Waals surface area contributed by atoms with Crippen LogP contribution in [-0.2, 0) is 27.9 Å². The van der Waals surface area contributed by atoms with E-state index >= 15 is 0 Å². The number of carbonyl (C=O) groups excluding carboxylic acids is 1. The smallest absolute Gasteiger partial charge is 0.376 e. The van der Waals surface area contributed by atoms with Crippen LogP contribution < -0.4 is 9.50 Å². The van der Waals surface area contributed by atoms with Gasteiger partial charge in [-0.1, -0.05) is 18.2 Å². The average molecular weight is 528 g/mol. The van der Waals surface area contributed by atoms with Crippen LogP contribution in [0.2, 0.25) is 0 Å². The zero-order valence-corrected chi connectivity index (χ0v) is 19.8. The van der Waals surface area contributed by atoms with E-state index in [1.54, 1.807) is 12.1 Å². The molecule has 9 nitrogen and oxygen atoms in total. The molecule has 1 heterocycles. The molecule has 0 saturated heterocycles. The maximum atomic E-state index is 12.6. The van der Waals surface area contributed by atoms with Gasteiger partial charge in [-0.05, 0) is 60.7 Å². The second-order valence-corrected chi connectivity index (χ2v) is 9.66. The van der Waals surface area contributed by atoms with Crippen molar-refractivity contribution in [3.8, 4) is 5.75 Å². The normalized spacial score (nSPS) is 14.4. The molecule has 1 aliphatic heterocycles. The zero-order valence-electron chi connectivity index (χ0n) is 19.0. The fourth-order valence-electron chi connectivity index (χ4n) is 3.65. The summed E-state index contributed by atoms with van der Waals surface area (Å²) in [5, 5.41) is 13.5. The highest BCUT2D eigenvalue weighted by atomic mass is 32.2. The number of nitro benzene ring substituents is 1. The van der Waals surface area contributed by atoms with Gasteiger partial charge in [-0.15, -0.1) is 0 Å². The minimum atomic E-state index is -5.72. The largest absolute Gasteiger partial charge is 0.534 e. The maximum absolute atomic E-state index is 12.6. The Hall–Kier alpha value is -3.45. The zero-order chi connectivity index (χ0) is 26.3. The molecule has 1 aliphatic rings. The predicted molar refractivity (Wildman–Crippen MR) is 125 cm³/mol. The van der Waals surface area contributed by atoms with E-state index < -0.39 is 20.5 Å². The number of amides is 1. The lowest BCUT2D eigenvalue weighted by Gasteiger charge is -2.29. The number of hydrogen-bond acceptors (Lipinski definition) is 7. The van der Waals surface area contributed by atoms with Crippen LogP contribution in [0.4, 0.5) is 18.9 Å². The Labute approximate surface area is 205 Å². The number of halogens is 3. The number of nitro groups is 1. The third-order valence-corrected chi connectivity index (χ3v) is 6.45. The topological polar surface area (TPSA) is 119 Å². The van der Waals surface area contributed by atoms with Crippen LogP contribution in [0.3, 0.4) is 0 Å². The number of non-ortho nitro benzene ring substituents is 1. The van der Waals surface area contributed by atoms with Gasteiger partial charge in [-0.2, -0.15) is 21.6 Å². The van der Waals surface area contributed by atoms with Gasteiger partial charge in [0.2, 0.25) is 5.91 Å². The van der Waals surface area contributed by atoms with Crippen LogP contribution in [-0.4, -0.2) is 49.3 Å². The third kappa shape index (κ3) is 7.52. The summed E-state index contributed by atoms with van der Waals surface area (Å²) in [6.07, 6.45) is 4.90. The summed E-state index contributed by atoms with van der Waals surface area (Å²) in [4.78, 5) is 24.3. The highest BCUT2D eigenvalue weighted by Crippen LogP contribution is 2.29. The summed E-state index contributed by atoms with van der Waals surface area (Å²) in [5.41, 5.74) is -3.40. The lowest BCUT2D eigenvalue weighted by Crippen LogP contribution is -2.32. The Morgan fingerprint density at radius 3 is 2.67 bits per heavy atom. The highest BCUT2D eigenvalue weighted by Gasteiger charge is 2.48. The van der Waals surface area contributed by atoms with E-state index in [-0.39, 0.29) is 17.3 Å². The van der Waals surface area contributed by atoms with Crippen LogP contribution in [0.25, 0.3) is 6.08 Å². The highest BCUT2D eigenvalue weighted by molar-refractivity contribution is 7.88. The molecule has 13 heteroatoms. The molecule has 0 spiro atoms. The molecule has 0 bridgehead atoms. The van der Waals surface area contributed by atoms with Gasteiger partial charge in [0.1, 0.15) is 5.75 Å². The Morgan fingerprint density at radius 2 is 1.94 bits per heavy atom. The van der Waals surface area contributed by atoms with Crippen LogP contribution in [0.15, 0.2) is 48.5 Å². The predicted octanol–water partition coefficient (Wildman–Crippen LogP) is 3.79. The van der Waals surface area contributed by atoms with Gasteiger partial charge in [-0.3, -0.25) is 19.8 Å². The minimum Gasteiger partial charge on any atom is -0.376 e. The van der Waals surface area contributed by atoms with Crippen LogP contribution >= 0.6 is 0 Å². The number of hydrogen-bond donors (Lipinski definition) is 1. The number of rotatable bonds is 10. The summed E-state index contributed by atoms with van der Waals surface area (Å²) in [7, 11) is -5.72. The SMILES string of the molecule is O=C(/C=C/c1cccc([N+](=O)[O-])c1)NCCCCN1CCc2ccc(OS(=O)(=O)C(F)(F)F)cc2C1. The molecule has 1 amide bonds. The first-order valence-electron chi connectivity index (χ1n) is 11.0. The van der Waals surface area contributed by atoms with Crippen molar-refractivity contribution in [2.24, 2.45) is 0 Å². The fraction of sp³-hybridized carbons (Fsp3) is 0.348. The fourth-order valence-corrected chi connectivity index (χ4v) is 4.10. The molecule has 0 unspecified atom stereocenters. The molecule has 0 radical (unpaired) electrons. The van der Waals surface area contributed by atoms with E-state index in [4.69, 9.17) is 0 Å². The van der Waals surface area contributed by atoms with Crippen molar-refractivity contribution >= 4 is 27.8 Å². The molecule has 0 atom stereocenters. The van der Waals surface area contributed by atoms with E-state index in [9.17, 15) is 36.5 Å². The Bertz CT molecular complexity index is 1250. The lowest BCUT2D eigenvalue weighted by atomic mass is 9.99. The first kappa shape index (κ1) is 27.1. The second-order valence-electron chi connectivity index (χ2n) is 8.12. The number of nitrogens with one attached hydrogen (secondary N) is 1. The van der Waals surface area contributed by atoms with Crippen molar-refractivity contribution in [2.45, 2.75) is 31.3 Å². The summed E-state index contributed by atoms with van der Waals surface area (Å²) in [5.74, 6) is -0.705. The molecule has 1 N–H and O–H groups in total. The quantitative estimate of drug-likeness (QED) is 0.125. The number of carbonyl (C=O) groups is 1. The lowest BCUT2D eigenvalue weighted by molar-refractivity contribution is -0.384. The maximum Gasteiger partial charge on any atom is 0.534 e. The monoisotopic (exact) mass is 527 g/mol. The number of alkyl halides is 3. The van der Waals surface area contributed by atoms with Crippen molar-refractivity contribution in [1.82, 2.24) is 10.2 Å². The number of nitrogens with zero attached hydrogens (tertiary/aromatic N) is 2. The van der Waals surface area contributed by atoms with Gasteiger partial charge >= 0.3 is 15.6 Å². The Morgan fingerprint density at radius 1 is 1.17 bits per heavy atom. The van der Waals surface area contributed by atoms with Gasteiger partial charge < -0.3 is 9.50 Å². The molecule has 194 valence electrons. The second kappa shape index (κ2) is 11.5. The van der Waals surface area contributed by atoms with Crippen LogP contribution in [0.1, 0.15) is 29.5 Å². The van der Waals surface area contributed by atoms with E-state index in [1.165, 1.54) is 42.5 Å². The summed E-state index contributed by atoms with van der Waals surface area (Å²) in [6.45, 7) is 2.30. The van der Waals surface area contributed by atoms with Crippen molar-refractivity contribution in [2.75, 3.05) is 19.6 Å². The molecular formula is C23H24F3N3O6S. The Balaban J connectivity index is 1.42. The van der Waals surface area contributed by atoms with E-state index in [2.05, 4.69) is 14.4 Å². The van der Waals surface area contributed by atoms with Gasteiger partial charge in [-0.25, -0.2) is 0 Å². The van der Waals surface area contributed by atoms with Gasteiger partial charge in [0.05, 0.1) is 4.92 Å². The van der Waals surface area contributed by atoms with Crippen molar-refractivity contribution in [3.63, 3.8) is 0 Å². The molecule has 2 aromatic rings. The molecular weight excluding hydrogens is 503 g/mol. The van der Waals surface area contributed by atoms with E-state index in [0.29, 0.717) is 43.6 Å². The Kier molecular flexibility index (Phi) is 8.69. The standard InChI is InChI=1S/C23H24F3N3O6S/c24-23(25,26)36(33,34)35-21-8-7-18-10-13-28(16-19(18)15-21)12-2-1-11-27-22(30)9-6-17-4-3-5-20(14-17)29(31)32/h3-9,14-15H,1-2,10-13,16H2,(H,27,30)/b9-6+. The van der Waals surface area contributed by atoms with Crippen molar-refractivity contribution < 1.29 is 35.5 Å². The van der Waals surface area contributed by atoms with Crippen LogP contribution in [0, 0.1) is 10.1 Å². The van der Waals surface area contributed by atoms with Gasteiger partial charge in [0, 0.05) is 37.8 Å². The third-order valence-electron chi connectivity index (χ3n) is 5.47. The minimum absolute atomic E-state index is 0.0621. The molecule has 36 heavy (non-hydrogen) atoms. The van der Waals surface area contributed by atoms with Crippen molar-refractivity contribution in [3.05, 3.63) is 75.3 Å². The molecule has 0 saturated carbocycles. The molecule has 0 fully saturated rings. The summed E-state index contributed by atoms with van der Waals surface area (Å²) < 4.78 is 64.4. The molecule has 0 aromatic heterocycles. The first-order valence-corrected chi connectivity index (χ1v) is 12.4. The molecule has 3 rings (SSSR count). The first-order chi connectivity index (χ1) is 16.9. The van der Waals surface area contributed by atoms with Gasteiger partial charge in [0.15, 0.2) is 0 Å².